The summed E-state index contributed by atoms with van der Waals surface area (Å²) in [4.78, 5) is 11.5. The first-order chi connectivity index (χ1) is 8.13. The van der Waals surface area contributed by atoms with Crippen molar-refractivity contribution in [3.05, 3.63) is 26.8 Å². The van der Waals surface area contributed by atoms with Gasteiger partial charge in [0.15, 0.2) is 0 Å². The second-order valence-electron chi connectivity index (χ2n) is 3.20. The van der Waals surface area contributed by atoms with Crippen LogP contribution < -0.4 is 4.74 Å². The van der Waals surface area contributed by atoms with Crippen LogP contribution in [0, 0.1) is 14.9 Å². The topological polar surface area (TPSA) is 59.3 Å². The summed E-state index contributed by atoms with van der Waals surface area (Å²) in [6.45, 7) is 2.07. The normalized spacial score (nSPS) is 9.53. The van der Waals surface area contributed by atoms with Crippen LogP contribution in [0.2, 0.25) is 0 Å². The summed E-state index contributed by atoms with van der Waals surface area (Å²) in [6, 6.07) is 5.62. The van der Waals surface area contributed by atoms with Gasteiger partial charge in [-0.2, -0.15) is 5.26 Å². The Kier molecular flexibility index (Phi) is 5.22. The van der Waals surface area contributed by atoms with Crippen molar-refractivity contribution in [1.82, 2.24) is 0 Å². The molecule has 0 aliphatic carbocycles. The van der Waals surface area contributed by atoms with Crippen molar-refractivity contribution in [3.63, 3.8) is 0 Å². The van der Waals surface area contributed by atoms with E-state index in [0.29, 0.717) is 23.5 Å². The van der Waals surface area contributed by atoms with Crippen LogP contribution in [-0.2, 0) is 16.0 Å². The van der Waals surface area contributed by atoms with Crippen molar-refractivity contribution in [2.45, 2.75) is 13.3 Å². The number of halogens is 1. The third kappa shape index (κ3) is 3.33. The molecule has 0 fully saturated rings. The SMILES string of the molecule is CCOC(=O)Cc1c(OC)ccc(I)c1C#N. The number of carbonyl (C=O) groups is 1. The fraction of sp³-hybridized carbons (Fsp3) is 0.333. The molecule has 0 atom stereocenters. The molecule has 0 aliphatic heterocycles. The van der Waals surface area contributed by atoms with Gasteiger partial charge in [-0.3, -0.25) is 4.79 Å². The average Bonchev–Trinajstić information content (AvgIpc) is 2.30. The summed E-state index contributed by atoms with van der Waals surface area (Å²) >= 11 is 2.06. The zero-order valence-electron chi connectivity index (χ0n) is 9.62. The maximum absolute atomic E-state index is 11.5. The zero-order chi connectivity index (χ0) is 12.8. The minimum Gasteiger partial charge on any atom is -0.496 e. The maximum Gasteiger partial charge on any atom is 0.310 e. The highest BCUT2D eigenvalue weighted by Gasteiger charge is 2.16. The summed E-state index contributed by atoms with van der Waals surface area (Å²) in [6.07, 6.45) is 0.0523. The fourth-order valence-corrected chi connectivity index (χ4v) is 2.07. The second kappa shape index (κ2) is 6.45. The predicted molar refractivity (Wildman–Crippen MR) is 70.8 cm³/mol. The molecule has 0 saturated carbocycles. The lowest BCUT2D eigenvalue weighted by Crippen LogP contribution is -2.10. The van der Waals surface area contributed by atoms with Crippen molar-refractivity contribution >= 4 is 28.6 Å². The Morgan fingerprint density at radius 3 is 2.76 bits per heavy atom. The van der Waals surface area contributed by atoms with Crippen LogP contribution in [-0.4, -0.2) is 19.7 Å². The number of nitrogens with zero attached hydrogens (tertiary/aromatic N) is 1. The summed E-state index contributed by atoms with van der Waals surface area (Å²) < 4.78 is 10.8. The summed E-state index contributed by atoms with van der Waals surface area (Å²) in [5.41, 5.74) is 1.05. The molecule has 1 rings (SSSR count). The number of carbonyl (C=O) groups excluding carboxylic acids is 1. The van der Waals surface area contributed by atoms with Gasteiger partial charge in [0, 0.05) is 9.13 Å². The van der Waals surface area contributed by atoms with E-state index in [9.17, 15) is 4.79 Å². The minimum absolute atomic E-state index is 0.0523. The molecule has 0 unspecified atom stereocenters. The Labute approximate surface area is 114 Å². The average molecular weight is 345 g/mol. The van der Waals surface area contributed by atoms with Gasteiger partial charge in [0.1, 0.15) is 11.8 Å². The van der Waals surface area contributed by atoms with E-state index in [1.165, 1.54) is 7.11 Å². The Morgan fingerprint density at radius 2 is 2.24 bits per heavy atom. The number of esters is 1. The molecule has 0 heterocycles. The Morgan fingerprint density at radius 1 is 1.53 bits per heavy atom. The number of ether oxygens (including phenoxy) is 2. The van der Waals surface area contributed by atoms with Crippen LogP contribution in [0.25, 0.3) is 0 Å². The summed E-state index contributed by atoms with van der Waals surface area (Å²) in [5.74, 6) is 0.180. The number of hydrogen-bond acceptors (Lipinski definition) is 4. The zero-order valence-corrected chi connectivity index (χ0v) is 11.8. The number of nitriles is 1. The molecular weight excluding hydrogens is 333 g/mol. The lowest BCUT2D eigenvalue weighted by Gasteiger charge is -2.10. The van der Waals surface area contributed by atoms with E-state index in [0.717, 1.165) is 3.57 Å². The van der Waals surface area contributed by atoms with Crippen LogP contribution in [0.15, 0.2) is 12.1 Å². The van der Waals surface area contributed by atoms with Crippen molar-refractivity contribution in [3.8, 4) is 11.8 Å². The molecule has 0 aliphatic rings. The van der Waals surface area contributed by atoms with E-state index in [2.05, 4.69) is 28.7 Å². The number of benzene rings is 1. The van der Waals surface area contributed by atoms with Gasteiger partial charge in [0.25, 0.3) is 0 Å². The second-order valence-corrected chi connectivity index (χ2v) is 4.36. The van der Waals surface area contributed by atoms with Gasteiger partial charge in [0.2, 0.25) is 0 Å². The van der Waals surface area contributed by atoms with E-state index in [1.54, 1.807) is 19.1 Å². The summed E-state index contributed by atoms with van der Waals surface area (Å²) in [7, 11) is 1.51. The maximum atomic E-state index is 11.5. The molecule has 0 amide bonds. The van der Waals surface area contributed by atoms with E-state index in [4.69, 9.17) is 14.7 Å². The molecule has 0 bridgehead atoms. The van der Waals surface area contributed by atoms with Gasteiger partial charge in [-0.05, 0) is 41.6 Å². The van der Waals surface area contributed by atoms with Crippen LogP contribution in [0.1, 0.15) is 18.1 Å². The van der Waals surface area contributed by atoms with Gasteiger partial charge in [-0.15, -0.1) is 0 Å². The number of hydrogen-bond donors (Lipinski definition) is 0. The molecule has 0 radical (unpaired) electrons. The van der Waals surface area contributed by atoms with E-state index >= 15 is 0 Å². The smallest absolute Gasteiger partial charge is 0.310 e. The third-order valence-corrected chi connectivity index (χ3v) is 3.08. The lowest BCUT2D eigenvalue weighted by molar-refractivity contribution is -0.142. The first kappa shape index (κ1) is 13.8. The van der Waals surface area contributed by atoms with Crippen LogP contribution in [0.4, 0.5) is 0 Å². The predicted octanol–water partition coefficient (Wildman–Crippen LogP) is 2.28. The molecule has 5 heteroatoms. The van der Waals surface area contributed by atoms with Crippen molar-refractivity contribution in [2.75, 3.05) is 13.7 Å². The Balaban J connectivity index is 3.15. The van der Waals surface area contributed by atoms with Gasteiger partial charge < -0.3 is 9.47 Å². The molecule has 1 aromatic rings. The van der Waals surface area contributed by atoms with Crippen molar-refractivity contribution in [1.29, 1.82) is 5.26 Å². The molecule has 0 aromatic heterocycles. The highest BCUT2D eigenvalue weighted by atomic mass is 127. The van der Waals surface area contributed by atoms with Crippen molar-refractivity contribution in [2.24, 2.45) is 0 Å². The monoisotopic (exact) mass is 345 g/mol. The molecule has 1 aromatic carbocycles. The van der Waals surface area contributed by atoms with E-state index < -0.39 is 0 Å². The standard InChI is InChI=1S/C12H12INO3/c1-3-17-12(15)6-8-9(7-14)10(13)4-5-11(8)16-2/h4-5H,3,6H2,1-2H3. The first-order valence-corrected chi connectivity index (χ1v) is 6.13. The van der Waals surface area contributed by atoms with Gasteiger partial charge in [-0.1, -0.05) is 0 Å². The molecule has 90 valence electrons. The van der Waals surface area contributed by atoms with E-state index in [1.807, 2.05) is 0 Å². The quantitative estimate of drug-likeness (QED) is 0.621. The minimum atomic E-state index is -0.357. The molecular formula is C12H12INO3. The fourth-order valence-electron chi connectivity index (χ4n) is 1.44. The summed E-state index contributed by atoms with van der Waals surface area (Å²) in [5, 5.41) is 9.10. The van der Waals surface area contributed by atoms with Gasteiger partial charge in [-0.25, -0.2) is 0 Å². The third-order valence-electron chi connectivity index (χ3n) is 2.18. The Hall–Kier alpha value is -1.29. The first-order valence-electron chi connectivity index (χ1n) is 5.05. The molecule has 0 spiro atoms. The van der Waals surface area contributed by atoms with Gasteiger partial charge in [0.05, 0.1) is 25.7 Å². The largest absolute Gasteiger partial charge is 0.496 e. The highest BCUT2D eigenvalue weighted by Crippen LogP contribution is 2.26. The van der Waals surface area contributed by atoms with Crippen LogP contribution in [0.5, 0.6) is 5.75 Å². The Bertz CT molecular complexity index is 466. The van der Waals surface area contributed by atoms with Gasteiger partial charge >= 0.3 is 5.97 Å². The van der Waals surface area contributed by atoms with Crippen LogP contribution in [0.3, 0.4) is 0 Å². The number of methoxy groups -OCH3 is 1. The molecule has 4 nitrogen and oxygen atoms in total. The molecule has 0 saturated heterocycles. The lowest BCUT2D eigenvalue weighted by atomic mass is 10.0. The van der Waals surface area contributed by atoms with E-state index in [-0.39, 0.29) is 12.4 Å². The van der Waals surface area contributed by atoms with Crippen molar-refractivity contribution < 1.29 is 14.3 Å². The highest BCUT2D eigenvalue weighted by molar-refractivity contribution is 14.1. The molecule has 0 N–H and O–H groups in total. The van der Waals surface area contributed by atoms with Crippen LogP contribution >= 0.6 is 22.6 Å². The molecule has 17 heavy (non-hydrogen) atoms. The number of rotatable bonds is 4.